The Morgan fingerprint density at radius 3 is 2.32 bits per heavy atom. The van der Waals surface area contributed by atoms with Crippen LogP contribution in [0.3, 0.4) is 0 Å². The van der Waals surface area contributed by atoms with Crippen LogP contribution in [0.2, 0.25) is 0 Å². The topological polar surface area (TPSA) is 49.8 Å². The Morgan fingerprint density at radius 1 is 1.14 bits per heavy atom. The molecule has 1 aliphatic carbocycles. The Kier molecular flexibility index (Phi) is 8.10. The van der Waals surface area contributed by atoms with Crippen molar-refractivity contribution in [1.82, 2.24) is 4.90 Å². The van der Waals surface area contributed by atoms with Gasteiger partial charge in [0.05, 0.1) is 6.54 Å². The normalized spacial score (nSPS) is 17.5. The second-order valence-corrected chi connectivity index (χ2v) is 8.13. The van der Waals surface area contributed by atoms with E-state index in [0.717, 1.165) is 45.2 Å². The van der Waals surface area contributed by atoms with Crippen molar-refractivity contribution in [3.8, 4) is 11.8 Å². The van der Waals surface area contributed by atoms with E-state index in [1.54, 1.807) is 13.8 Å². The Morgan fingerprint density at radius 2 is 1.75 bits per heavy atom. The molecule has 0 bridgehead atoms. The first-order chi connectivity index (χ1) is 13.3. The van der Waals surface area contributed by atoms with Gasteiger partial charge >= 0.3 is 5.97 Å². The Labute approximate surface area is 170 Å². The molecule has 154 valence electrons. The quantitative estimate of drug-likeness (QED) is 0.567. The van der Waals surface area contributed by atoms with Gasteiger partial charge in [0.25, 0.3) is 0 Å². The highest BCUT2D eigenvalue weighted by molar-refractivity contribution is 5.82. The summed E-state index contributed by atoms with van der Waals surface area (Å²) in [5.41, 5.74) is -1.97. The zero-order valence-corrected chi connectivity index (χ0v) is 17.8. The van der Waals surface area contributed by atoms with Crippen LogP contribution in [-0.4, -0.2) is 41.2 Å². The predicted octanol–water partition coefficient (Wildman–Crippen LogP) is 4.12. The number of hydrogen-bond acceptors (Lipinski definition) is 4. The molecule has 0 radical (unpaired) electrons. The second-order valence-electron chi connectivity index (χ2n) is 8.13. The van der Waals surface area contributed by atoms with E-state index in [9.17, 15) is 9.90 Å². The number of carbonyl (C=O) groups excluding carboxylic acids is 1. The van der Waals surface area contributed by atoms with Crippen molar-refractivity contribution in [2.24, 2.45) is 5.92 Å². The summed E-state index contributed by atoms with van der Waals surface area (Å²) in [6, 6.07) is 9.22. The molecule has 0 unspecified atom stereocenters. The zero-order valence-electron chi connectivity index (χ0n) is 17.8. The van der Waals surface area contributed by atoms with Gasteiger partial charge < -0.3 is 9.84 Å². The minimum atomic E-state index is -1.63. The molecular weight excluding hydrogens is 350 g/mol. The number of ether oxygens (including phenoxy) is 1. The van der Waals surface area contributed by atoms with E-state index in [-0.39, 0.29) is 5.92 Å². The van der Waals surface area contributed by atoms with Gasteiger partial charge in [0, 0.05) is 5.92 Å². The lowest BCUT2D eigenvalue weighted by molar-refractivity contribution is -0.184. The molecule has 1 N–H and O–H groups in total. The molecule has 0 aliphatic heterocycles. The van der Waals surface area contributed by atoms with E-state index in [4.69, 9.17) is 4.74 Å². The van der Waals surface area contributed by atoms with Gasteiger partial charge in [-0.25, -0.2) is 4.79 Å². The van der Waals surface area contributed by atoms with Crippen LogP contribution in [-0.2, 0) is 15.1 Å². The summed E-state index contributed by atoms with van der Waals surface area (Å²) in [4.78, 5) is 15.4. The van der Waals surface area contributed by atoms with E-state index in [1.807, 2.05) is 30.3 Å². The Bertz CT molecular complexity index is 679. The third-order valence-corrected chi connectivity index (χ3v) is 5.66. The van der Waals surface area contributed by atoms with Gasteiger partial charge in [-0.15, -0.1) is 0 Å². The fourth-order valence-electron chi connectivity index (χ4n) is 3.88. The first-order valence-corrected chi connectivity index (χ1v) is 10.6. The summed E-state index contributed by atoms with van der Waals surface area (Å²) in [6.07, 6.45) is 4.86. The third kappa shape index (κ3) is 5.59. The summed E-state index contributed by atoms with van der Waals surface area (Å²) in [5.74, 6) is 5.47. The van der Waals surface area contributed by atoms with Gasteiger partial charge in [0.1, 0.15) is 0 Å². The maximum Gasteiger partial charge on any atom is 0.344 e. The molecule has 1 atom stereocenters. The average molecular weight is 386 g/mol. The lowest BCUT2D eigenvalue weighted by atomic mass is 9.73. The van der Waals surface area contributed by atoms with E-state index in [2.05, 4.69) is 30.6 Å². The number of esters is 1. The standard InChI is InChI=1S/C24H35NO3/c1-5-25(6-2)19-13-18-23(3,4)28-22(26)24(27,20-14-9-7-10-15-20)21-16-11-8-12-17-21/h7,9-10,14-15,21,27H,5-6,8,11-12,16-17,19H2,1-4H3/t24-/m1/s1. The highest BCUT2D eigenvalue weighted by Gasteiger charge is 2.48. The number of rotatable bonds is 7. The predicted molar refractivity (Wildman–Crippen MR) is 113 cm³/mol. The molecule has 1 aromatic rings. The van der Waals surface area contributed by atoms with Gasteiger partial charge in [-0.2, -0.15) is 0 Å². The molecule has 2 rings (SSSR count). The molecule has 1 fully saturated rings. The molecular formula is C24H35NO3. The average Bonchev–Trinajstić information content (AvgIpc) is 2.71. The van der Waals surface area contributed by atoms with Crippen molar-refractivity contribution in [3.63, 3.8) is 0 Å². The molecule has 1 saturated carbocycles. The summed E-state index contributed by atoms with van der Waals surface area (Å²) >= 11 is 0. The molecule has 0 amide bonds. The SMILES string of the molecule is CCN(CC)CC#CC(C)(C)OC(=O)[C@@](O)(c1ccccc1)C1CCCCC1. The minimum absolute atomic E-state index is 0.129. The number of benzene rings is 1. The van der Waals surface area contributed by atoms with Gasteiger partial charge in [-0.05, 0) is 45.3 Å². The minimum Gasteiger partial charge on any atom is -0.444 e. The molecule has 28 heavy (non-hydrogen) atoms. The van der Waals surface area contributed by atoms with Crippen molar-refractivity contribution in [3.05, 3.63) is 35.9 Å². The lowest BCUT2D eigenvalue weighted by Crippen LogP contribution is -2.47. The van der Waals surface area contributed by atoms with Crippen molar-refractivity contribution in [2.75, 3.05) is 19.6 Å². The smallest absolute Gasteiger partial charge is 0.344 e. The van der Waals surface area contributed by atoms with Crippen molar-refractivity contribution >= 4 is 5.97 Å². The van der Waals surface area contributed by atoms with Crippen LogP contribution in [0.15, 0.2) is 30.3 Å². The van der Waals surface area contributed by atoms with Crippen LogP contribution in [0.4, 0.5) is 0 Å². The van der Waals surface area contributed by atoms with Crippen LogP contribution in [0.1, 0.15) is 65.4 Å². The summed E-state index contributed by atoms with van der Waals surface area (Å²) in [7, 11) is 0. The van der Waals surface area contributed by atoms with Crippen LogP contribution in [0.5, 0.6) is 0 Å². The maximum atomic E-state index is 13.2. The largest absolute Gasteiger partial charge is 0.444 e. The van der Waals surface area contributed by atoms with Crippen LogP contribution in [0.25, 0.3) is 0 Å². The van der Waals surface area contributed by atoms with E-state index < -0.39 is 17.2 Å². The molecule has 4 heteroatoms. The van der Waals surface area contributed by atoms with E-state index >= 15 is 0 Å². The van der Waals surface area contributed by atoms with Crippen molar-refractivity contribution < 1.29 is 14.6 Å². The molecule has 0 spiro atoms. The first-order valence-electron chi connectivity index (χ1n) is 10.6. The number of hydrogen-bond donors (Lipinski definition) is 1. The third-order valence-electron chi connectivity index (χ3n) is 5.66. The molecule has 0 aromatic heterocycles. The Hall–Kier alpha value is -1.83. The zero-order chi connectivity index (χ0) is 20.6. The summed E-state index contributed by atoms with van der Waals surface area (Å²) in [6.45, 7) is 10.3. The van der Waals surface area contributed by atoms with Gasteiger partial charge in [0.2, 0.25) is 0 Å². The van der Waals surface area contributed by atoms with Crippen molar-refractivity contribution in [1.29, 1.82) is 0 Å². The highest BCUT2D eigenvalue weighted by Crippen LogP contribution is 2.41. The van der Waals surface area contributed by atoms with Crippen molar-refractivity contribution in [2.45, 2.75) is 71.0 Å². The number of nitrogens with zero attached hydrogens (tertiary/aromatic N) is 1. The first kappa shape index (κ1) is 22.5. The number of carbonyl (C=O) groups is 1. The second kappa shape index (κ2) is 10.1. The highest BCUT2D eigenvalue weighted by atomic mass is 16.6. The van der Waals surface area contributed by atoms with Crippen LogP contribution in [0, 0.1) is 17.8 Å². The van der Waals surface area contributed by atoms with Gasteiger partial charge in [0.15, 0.2) is 11.2 Å². The monoisotopic (exact) mass is 385 g/mol. The summed E-state index contributed by atoms with van der Waals surface area (Å²) in [5, 5.41) is 11.6. The fourth-order valence-corrected chi connectivity index (χ4v) is 3.88. The molecule has 4 nitrogen and oxygen atoms in total. The summed E-state index contributed by atoms with van der Waals surface area (Å²) < 4.78 is 5.78. The van der Waals surface area contributed by atoms with E-state index in [0.29, 0.717) is 12.1 Å². The fraction of sp³-hybridized carbons (Fsp3) is 0.625. The Balaban J connectivity index is 2.21. The maximum absolute atomic E-state index is 13.2. The van der Waals surface area contributed by atoms with Crippen LogP contribution < -0.4 is 0 Å². The van der Waals surface area contributed by atoms with Crippen LogP contribution >= 0.6 is 0 Å². The van der Waals surface area contributed by atoms with Gasteiger partial charge in [-0.1, -0.05) is 75.3 Å². The molecule has 1 aromatic carbocycles. The van der Waals surface area contributed by atoms with E-state index in [1.165, 1.54) is 0 Å². The number of aliphatic hydroxyl groups is 1. The molecule has 1 aliphatic rings. The van der Waals surface area contributed by atoms with Gasteiger partial charge in [-0.3, -0.25) is 4.90 Å². The molecule has 0 saturated heterocycles. The lowest BCUT2D eigenvalue weighted by Gasteiger charge is -2.38. The molecule has 0 heterocycles.